The number of benzene rings is 1. The number of amides is 1. The number of carbonyl (C=O) groups excluding carboxylic acids is 1. The summed E-state index contributed by atoms with van der Waals surface area (Å²) >= 11 is 1.59. The average molecular weight is 327 g/mol. The third-order valence-electron chi connectivity index (χ3n) is 3.26. The fourth-order valence-electron chi connectivity index (χ4n) is 2.16. The molecule has 0 bridgehead atoms. The number of rotatable bonds is 7. The van der Waals surface area contributed by atoms with Crippen molar-refractivity contribution in [2.45, 2.75) is 13.0 Å². The summed E-state index contributed by atoms with van der Waals surface area (Å²) in [5, 5.41) is 3.72. The Kier molecular flexibility index (Phi) is 5.29. The first-order valence-electron chi connectivity index (χ1n) is 7.39. The van der Waals surface area contributed by atoms with Crippen molar-refractivity contribution in [2.24, 2.45) is 0 Å². The number of thiazole rings is 1. The molecule has 1 aromatic carbocycles. The highest BCUT2D eigenvalue weighted by Gasteiger charge is 2.05. The van der Waals surface area contributed by atoms with Gasteiger partial charge in [-0.25, -0.2) is 4.98 Å². The number of carbonyl (C=O) groups is 1. The van der Waals surface area contributed by atoms with Gasteiger partial charge in [-0.15, -0.1) is 11.3 Å². The second-order valence-electron chi connectivity index (χ2n) is 5.03. The topological polar surface area (TPSA) is 64.1 Å². The molecule has 6 heteroatoms. The monoisotopic (exact) mass is 327 g/mol. The Morgan fingerprint density at radius 2 is 2.13 bits per heavy atom. The fraction of sp³-hybridized carbons (Fsp3) is 0.235. The van der Waals surface area contributed by atoms with Gasteiger partial charge in [0.25, 0.3) is 0 Å². The molecule has 118 valence electrons. The van der Waals surface area contributed by atoms with Crippen molar-refractivity contribution in [2.75, 3.05) is 13.2 Å². The summed E-state index contributed by atoms with van der Waals surface area (Å²) in [4.78, 5) is 20.2. The number of hydrogen-bond acceptors (Lipinski definition) is 5. The van der Waals surface area contributed by atoms with Crippen LogP contribution in [0.5, 0.6) is 0 Å². The van der Waals surface area contributed by atoms with Crippen molar-refractivity contribution in [3.8, 4) is 0 Å². The maximum Gasteiger partial charge on any atom is 0.246 e. The molecule has 0 aliphatic carbocycles. The quantitative estimate of drug-likeness (QED) is 0.724. The zero-order valence-electron chi connectivity index (χ0n) is 12.6. The number of para-hydroxylation sites is 1. The molecule has 2 heterocycles. The van der Waals surface area contributed by atoms with Crippen LogP contribution in [0.3, 0.4) is 0 Å². The summed E-state index contributed by atoms with van der Waals surface area (Å²) in [6.45, 7) is 0.980. The molecule has 2 aromatic heterocycles. The van der Waals surface area contributed by atoms with Crippen LogP contribution in [0.15, 0.2) is 48.8 Å². The molecule has 3 rings (SSSR count). The highest BCUT2D eigenvalue weighted by atomic mass is 32.1. The molecule has 5 nitrogen and oxygen atoms in total. The number of nitrogens with zero attached hydrogens (tertiary/aromatic N) is 2. The van der Waals surface area contributed by atoms with Crippen molar-refractivity contribution < 1.29 is 9.53 Å². The first-order valence-corrected chi connectivity index (χ1v) is 8.21. The summed E-state index contributed by atoms with van der Waals surface area (Å²) in [6.07, 6.45) is 4.30. The van der Waals surface area contributed by atoms with Crippen LogP contribution in [-0.2, 0) is 22.6 Å². The van der Waals surface area contributed by atoms with Gasteiger partial charge < -0.3 is 10.1 Å². The Balaban J connectivity index is 1.37. The Hall–Kier alpha value is -2.31. The maximum atomic E-state index is 11.7. The molecule has 0 aliphatic heterocycles. The van der Waals surface area contributed by atoms with Gasteiger partial charge in [0, 0.05) is 18.9 Å². The molecule has 0 unspecified atom stereocenters. The van der Waals surface area contributed by atoms with Crippen LogP contribution in [0, 0.1) is 0 Å². The first kappa shape index (κ1) is 15.6. The predicted octanol–water partition coefficient (Wildman–Crippen LogP) is 2.57. The van der Waals surface area contributed by atoms with E-state index in [9.17, 15) is 4.79 Å². The molecular formula is C17H17N3O2S. The first-order chi connectivity index (χ1) is 11.3. The van der Waals surface area contributed by atoms with Gasteiger partial charge in [0.1, 0.15) is 11.6 Å². The number of aromatic nitrogens is 2. The van der Waals surface area contributed by atoms with Crippen LogP contribution in [0.25, 0.3) is 10.2 Å². The highest BCUT2D eigenvalue weighted by Crippen LogP contribution is 2.21. The number of hydrogen-bond donors (Lipinski definition) is 1. The molecule has 0 fully saturated rings. The normalized spacial score (nSPS) is 10.8. The van der Waals surface area contributed by atoms with Crippen molar-refractivity contribution in [3.63, 3.8) is 0 Å². The number of pyridine rings is 1. The second kappa shape index (κ2) is 7.80. The lowest BCUT2D eigenvalue weighted by Crippen LogP contribution is -2.29. The molecule has 3 aromatic rings. The van der Waals surface area contributed by atoms with E-state index in [1.807, 2.05) is 36.4 Å². The SMILES string of the molecule is O=C(COCc1nc2ccccc2s1)NCCc1cccnc1. The van der Waals surface area contributed by atoms with E-state index >= 15 is 0 Å². The van der Waals surface area contributed by atoms with E-state index in [-0.39, 0.29) is 12.5 Å². The van der Waals surface area contributed by atoms with Gasteiger partial charge in [-0.05, 0) is 30.2 Å². The third-order valence-corrected chi connectivity index (χ3v) is 4.27. The lowest BCUT2D eigenvalue weighted by atomic mass is 10.2. The van der Waals surface area contributed by atoms with Gasteiger partial charge in [-0.2, -0.15) is 0 Å². The highest BCUT2D eigenvalue weighted by molar-refractivity contribution is 7.18. The van der Waals surface area contributed by atoms with Gasteiger partial charge >= 0.3 is 0 Å². The van der Waals surface area contributed by atoms with Gasteiger partial charge in [-0.3, -0.25) is 9.78 Å². The molecule has 0 atom stereocenters. The Bertz CT molecular complexity index is 741. The molecule has 0 saturated carbocycles. The van der Waals surface area contributed by atoms with Gasteiger partial charge in [0.2, 0.25) is 5.91 Å². The molecule has 23 heavy (non-hydrogen) atoms. The standard InChI is InChI=1S/C17H17N3O2S/c21-16(19-9-7-13-4-3-8-18-10-13)11-22-12-17-20-14-5-1-2-6-15(14)23-17/h1-6,8,10H,7,9,11-12H2,(H,19,21). The average Bonchev–Trinajstić information content (AvgIpc) is 2.98. The molecule has 0 aliphatic rings. The van der Waals surface area contributed by atoms with Gasteiger partial charge in [-0.1, -0.05) is 18.2 Å². The lowest BCUT2D eigenvalue weighted by Gasteiger charge is -2.05. The molecule has 1 amide bonds. The van der Waals surface area contributed by atoms with Gasteiger partial charge in [0.15, 0.2) is 0 Å². The number of fused-ring (bicyclic) bond motifs is 1. The molecular weight excluding hydrogens is 310 g/mol. The molecule has 0 spiro atoms. The summed E-state index contributed by atoms with van der Waals surface area (Å²) in [5.74, 6) is -0.116. The summed E-state index contributed by atoms with van der Waals surface area (Å²) in [7, 11) is 0. The Labute approximate surface area is 138 Å². The van der Waals surface area contributed by atoms with Crippen LogP contribution in [0.1, 0.15) is 10.6 Å². The number of ether oxygens (including phenoxy) is 1. The Morgan fingerprint density at radius 1 is 1.22 bits per heavy atom. The largest absolute Gasteiger partial charge is 0.364 e. The second-order valence-corrected chi connectivity index (χ2v) is 6.14. The summed E-state index contributed by atoms with van der Waals surface area (Å²) in [5.41, 5.74) is 2.07. The minimum absolute atomic E-state index is 0.0446. The lowest BCUT2D eigenvalue weighted by molar-refractivity contribution is -0.126. The van der Waals surface area contributed by atoms with Gasteiger partial charge in [0.05, 0.1) is 16.8 Å². The zero-order valence-corrected chi connectivity index (χ0v) is 13.4. The minimum atomic E-state index is -0.116. The van der Waals surface area contributed by atoms with Crippen molar-refractivity contribution in [3.05, 3.63) is 59.4 Å². The van der Waals surface area contributed by atoms with Crippen LogP contribution < -0.4 is 5.32 Å². The predicted molar refractivity (Wildman–Crippen MR) is 90.2 cm³/mol. The molecule has 0 radical (unpaired) electrons. The zero-order chi connectivity index (χ0) is 15.9. The van der Waals surface area contributed by atoms with E-state index in [0.717, 1.165) is 27.2 Å². The van der Waals surface area contributed by atoms with Crippen LogP contribution >= 0.6 is 11.3 Å². The van der Waals surface area contributed by atoms with Crippen molar-refractivity contribution in [1.82, 2.24) is 15.3 Å². The molecule has 1 N–H and O–H groups in total. The van der Waals surface area contributed by atoms with E-state index in [1.54, 1.807) is 23.7 Å². The van der Waals surface area contributed by atoms with E-state index < -0.39 is 0 Å². The number of nitrogens with one attached hydrogen (secondary N) is 1. The van der Waals surface area contributed by atoms with Crippen molar-refractivity contribution in [1.29, 1.82) is 0 Å². The molecule has 0 saturated heterocycles. The van der Waals surface area contributed by atoms with E-state index in [2.05, 4.69) is 15.3 Å². The van der Waals surface area contributed by atoms with Crippen LogP contribution in [0.2, 0.25) is 0 Å². The Morgan fingerprint density at radius 3 is 2.96 bits per heavy atom. The van der Waals surface area contributed by atoms with E-state index in [1.165, 1.54) is 0 Å². The smallest absolute Gasteiger partial charge is 0.246 e. The fourth-order valence-corrected chi connectivity index (χ4v) is 3.06. The van der Waals surface area contributed by atoms with Crippen LogP contribution in [0.4, 0.5) is 0 Å². The maximum absolute atomic E-state index is 11.7. The van der Waals surface area contributed by atoms with E-state index in [0.29, 0.717) is 13.2 Å². The summed E-state index contributed by atoms with van der Waals surface area (Å²) in [6, 6.07) is 11.8. The summed E-state index contributed by atoms with van der Waals surface area (Å²) < 4.78 is 6.57. The van der Waals surface area contributed by atoms with Crippen LogP contribution in [-0.4, -0.2) is 29.0 Å². The minimum Gasteiger partial charge on any atom is -0.364 e. The third kappa shape index (κ3) is 4.58. The van der Waals surface area contributed by atoms with Crippen molar-refractivity contribution >= 4 is 27.5 Å². The van der Waals surface area contributed by atoms with E-state index in [4.69, 9.17) is 4.74 Å².